The van der Waals surface area contributed by atoms with Crippen molar-refractivity contribution in [2.45, 2.75) is 45.1 Å². The minimum absolute atomic E-state index is 0.828. The lowest BCUT2D eigenvalue weighted by Gasteiger charge is -2.17. The molecule has 0 fully saturated rings. The highest BCUT2D eigenvalue weighted by molar-refractivity contribution is 5.35. The maximum Gasteiger partial charge on any atom is 0.0230 e. The van der Waals surface area contributed by atoms with Gasteiger partial charge in [0.2, 0.25) is 0 Å². The minimum Gasteiger partial charge on any atom is -0.330 e. The van der Waals surface area contributed by atoms with Crippen LogP contribution in [0.5, 0.6) is 0 Å². The Labute approximate surface area is 111 Å². The Morgan fingerprint density at radius 1 is 1.11 bits per heavy atom. The van der Waals surface area contributed by atoms with Crippen molar-refractivity contribution >= 4 is 0 Å². The molecule has 1 aromatic carbocycles. The Balaban J connectivity index is 1.78. The van der Waals surface area contributed by atoms with Crippen LogP contribution in [0.2, 0.25) is 0 Å². The van der Waals surface area contributed by atoms with Crippen molar-refractivity contribution in [3.05, 3.63) is 34.9 Å². The average molecular weight is 246 g/mol. The number of unbranched alkanes of at least 4 members (excludes halogenated alkanes) is 2. The molecule has 2 rings (SSSR count). The molecule has 0 aromatic heterocycles. The van der Waals surface area contributed by atoms with Crippen molar-refractivity contribution in [2.75, 3.05) is 20.1 Å². The Bertz CT molecular complexity index is 373. The molecule has 0 radical (unpaired) electrons. The summed E-state index contributed by atoms with van der Waals surface area (Å²) in [4.78, 5) is 2.42. The molecule has 0 atom stereocenters. The third-order valence-electron chi connectivity index (χ3n) is 3.86. The molecular formula is C16H26N2. The average Bonchev–Trinajstić information content (AvgIpc) is 2.82. The van der Waals surface area contributed by atoms with Crippen molar-refractivity contribution in [3.8, 4) is 0 Å². The summed E-state index contributed by atoms with van der Waals surface area (Å²) in [6, 6.07) is 7.05. The molecular weight excluding hydrogens is 220 g/mol. The Kier molecular flexibility index (Phi) is 5.21. The second-order valence-corrected chi connectivity index (χ2v) is 5.54. The van der Waals surface area contributed by atoms with Gasteiger partial charge < -0.3 is 10.6 Å². The van der Waals surface area contributed by atoms with E-state index in [0.29, 0.717) is 0 Å². The van der Waals surface area contributed by atoms with Gasteiger partial charge in [-0.25, -0.2) is 0 Å². The van der Waals surface area contributed by atoms with Crippen LogP contribution in [-0.2, 0) is 19.4 Å². The molecule has 0 heterocycles. The zero-order valence-electron chi connectivity index (χ0n) is 11.6. The molecule has 18 heavy (non-hydrogen) atoms. The van der Waals surface area contributed by atoms with E-state index in [4.69, 9.17) is 5.73 Å². The molecule has 2 nitrogen and oxygen atoms in total. The molecule has 2 N–H and O–H groups in total. The van der Waals surface area contributed by atoms with Gasteiger partial charge in [0, 0.05) is 6.54 Å². The van der Waals surface area contributed by atoms with Crippen LogP contribution < -0.4 is 5.73 Å². The number of aryl methyl sites for hydroxylation is 2. The summed E-state index contributed by atoms with van der Waals surface area (Å²) < 4.78 is 0. The fourth-order valence-electron chi connectivity index (χ4n) is 2.82. The molecule has 0 spiro atoms. The van der Waals surface area contributed by atoms with Gasteiger partial charge in [0.15, 0.2) is 0 Å². The summed E-state index contributed by atoms with van der Waals surface area (Å²) in [5.41, 5.74) is 10.1. The van der Waals surface area contributed by atoms with E-state index in [1.54, 1.807) is 11.1 Å². The molecule has 1 aromatic rings. The first-order valence-electron chi connectivity index (χ1n) is 7.29. The largest absolute Gasteiger partial charge is 0.330 e. The predicted octanol–water partition coefficient (Wildman–Crippen LogP) is 2.74. The topological polar surface area (TPSA) is 29.3 Å². The van der Waals surface area contributed by atoms with Gasteiger partial charge >= 0.3 is 0 Å². The lowest BCUT2D eigenvalue weighted by molar-refractivity contribution is 0.317. The summed E-state index contributed by atoms with van der Waals surface area (Å²) in [6.07, 6.45) is 7.58. The van der Waals surface area contributed by atoms with E-state index in [2.05, 4.69) is 30.1 Å². The fourth-order valence-corrected chi connectivity index (χ4v) is 2.82. The van der Waals surface area contributed by atoms with Crippen molar-refractivity contribution in [2.24, 2.45) is 5.73 Å². The number of fused-ring (bicyclic) bond motifs is 1. The summed E-state index contributed by atoms with van der Waals surface area (Å²) in [6.45, 7) is 3.08. The molecule has 2 heteroatoms. The van der Waals surface area contributed by atoms with Gasteiger partial charge in [-0.2, -0.15) is 0 Å². The smallest absolute Gasteiger partial charge is 0.0230 e. The van der Waals surface area contributed by atoms with E-state index in [1.165, 1.54) is 44.2 Å². The fraction of sp³-hybridized carbons (Fsp3) is 0.625. The van der Waals surface area contributed by atoms with Gasteiger partial charge in [-0.1, -0.05) is 24.6 Å². The molecule has 0 aliphatic heterocycles. The first-order valence-corrected chi connectivity index (χ1v) is 7.29. The Morgan fingerprint density at radius 2 is 1.94 bits per heavy atom. The van der Waals surface area contributed by atoms with Gasteiger partial charge in [0.1, 0.15) is 0 Å². The van der Waals surface area contributed by atoms with E-state index < -0.39 is 0 Å². The summed E-state index contributed by atoms with van der Waals surface area (Å²) in [5.74, 6) is 0. The second-order valence-electron chi connectivity index (χ2n) is 5.54. The molecule has 0 saturated heterocycles. The van der Waals surface area contributed by atoms with Crippen LogP contribution in [0.3, 0.4) is 0 Å². The number of hydrogen-bond donors (Lipinski definition) is 1. The zero-order chi connectivity index (χ0) is 12.8. The molecule has 0 bridgehead atoms. The van der Waals surface area contributed by atoms with Crippen LogP contribution in [0.25, 0.3) is 0 Å². The van der Waals surface area contributed by atoms with Crippen molar-refractivity contribution in [1.29, 1.82) is 0 Å². The van der Waals surface area contributed by atoms with Crippen LogP contribution in [-0.4, -0.2) is 25.0 Å². The predicted molar refractivity (Wildman–Crippen MR) is 77.7 cm³/mol. The quantitative estimate of drug-likeness (QED) is 0.750. The maximum atomic E-state index is 5.51. The maximum absolute atomic E-state index is 5.51. The number of nitrogens with zero attached hydrogens (tertiary/aromatic N) is 1. The molecule has 0 amide bonds. The van der Waals surface area contributed by atoms with Gasteiger partial charge in [-0.05, 0) is 68.9 Å². The highest BCUT2D eigenvalue weighted by Gasteiger charge is 2.11. The van der Waals surface area contributed by atoms with Crippen molar-refractivity contribution in [1.82, 2.24) is 4.90 Å². The van der Waals surface area contributed by atoms with Crippen molar-refractivity contribution < 1.29 is 0 Å². The molecule has 0 saturated carbocycles. The van der Waals surface area contributed by atoms with E-state index in [9.17, 15) is 0 Å². The SMILES string of the molecule is CN(CCCCCN)Cc1ccc2c(c1)CCC2. The first-order chi connectivity index (χ1) is 8.79. The van der Waals surface area contributed by atoms with E-state index in [-0.39, 0.29) is 0 Å². The van der Waals surface area contributed by atoms with Crippen LogP contribution in [0.1, 0.15) is 42.4 Å². The summed E-state index contributed by atoms with van der Waals surface area (Å²) in [5, 5.41) is 0. The standard InChI is InChI=1S/C16H26N2/c1-18(11-4-2-3-10-17)13-14-8-9-15-6-5-7-16(15)12-14/h8-9,12H,2-7,10-11,13,17H2,1H3. The summed E-state index contributed by atoms with van der Waals surface area (Å²) in [7, 11) is 2.22. The molecule has 1 aliphatic carbocycles. The number of rotatable bonds is 7. The minimum atomic E-state index is 0.828. The third kappa shape index (κ3) is 3.82. The molecule has 0 unspecified atom stereocenters. The van der Waals surface area contributed by atoms with Gasteiger partial charge in [0.25, 0.3) is 0 Å². The van der Waals surface area contributed by atoms with E-state index in [0.717, 1.165) is 19.5 Å². The molecule has 1 aliphatic rings. The highest BCUT2D eigenvalue weighted by atomic mass is 15.1. The number of hydrogen-bond acceptors (Lipinski definition) is 2. The van der Waals surface area contributed by atoms with Crippen LogP contribution in [0.15, 0.2) is 18.2 Å². The van der Waals surface area contributed by atoms with Crippen LogP contribution >= 0.6 is 0 Å². The number of nitrogens with two attached hydrogens (primary N) is 1. The Hall–Kier alpha value is -0.860. The van der Waals surface area contributed by atoms with Gasteiger partial charge in [-0.15, -0.1) is 0 Å². The van der Waals surface area contributed by atoms with Gasteiger partial charge in [0.05, 0.1) is 0 Å². The van der Waals surface area contributed by atoms with Gasteiger partial charge in [-0.3, -0.25) is 0 Å². The summed E-state index contributed by atoms with van der Waals surface area (Å²) >= 11 is 0. The van der Waals surface area contributed by atoms with Crippen LogP contribution in [0.4, 0.5) is 0 Å². The van der Waals surface area contributed by atoms with E-state index in [1.807, 2.05) is 0 Å². The van der Waals surface area contributed by atoms with E-state index >= 15 is 0 Å². The lowest BCUT2D eigenvalue weighted by Crippen LogP contribution is -2.19. The van der Waals surface area contributed by atoms with Crippen LogP contribution in [0, 0.1) is 0 Å². The third-order valence-corrected chi connectivity index (χ3v) is 3.86. The number of benzene rings is 1. The highest BCUT2D eigenvalue weighted by Crippen LogP contribution is 2.23. The van der Waals surface area contributed by atoms with Crippen molar-refractivity contribution in [3.63, 3.8) is 0 Å². The zero-order valence-corrected chi connectivity index (χ0v) is 11.6. The Morgan fingerprint density at radius 3 is 2.78 bits per heavy atom. The second kappa shape index (κ2) is 6.91. The normalized spacial score (nSPS) is 14.2. The first kappa shape index (κ1) is 13.6. The lowest BCUT2D eigenvalue weighted by atomic mass is 10.1. The monoisotopic (exact) mass is 246 g/mol. The molecule has 100 valence electrons.